The number of sulfonamides is 2. The Hall–Kier alpha value is -2.86. The number of nitrogens with zero attached hydrogens (tertiary/aromatic N) is 2. The average molecular weight is 749 g/mol. The van der Waals surface area contributed by atoms with Gasteiger partial charge in [-0.2, -0.15) is 26.3 Å². The van der Waals surface area contributed by atoms with Gasteiger partial charge in [0.25, 0.3) is 0 Å². The predicted molar refractivity (Wildman–Crippen MR) is 180 cm³/mol. The number of halogens is 6. The standard InChI is InChI=1S/C32H32F6N2O4P2S2/c1-3-30(2,40(47(41,42)31(33,34)35)48(43,44)32(36,37)38)39-45(26-16-8-4-9-17-26,27-18-10-5-11-19-27)24-25-46(39,28-20-12-6-13-21-28)29-22-14-7-15-23-29/h4-23H,3,24-25H2,1-2H3/q+2. The van der Waals surface area contributed by atoms with Crippen LogP contribution < -0.4 is 21.2 Å². The maximum atomic E-state index is 14.6. The fraction of sp³-hybridized carbons (Fsp3) is 0.250. The van der Waals surface area contributed by atoms with Crippen LogP contribution in [0.4, 0.5) is 26.3 Å². The Balaban J connectivity index is 2.07. The Bertz CT molecular complexity index is 1740. The summed E-state index contributed by atoms with van der Waals surface area (Å²) in [5.74, 6) is 0. The van der Waals surface area contributed by atoms with Crippen LogP contribution in [0, 0.1) is 0 Å². The minimum Gasteiger partial charge on any atom is -0.202 e. The Kier molecular flexibility index (Phi) is 9.71. The molecule has 0 aliphatic carbocycles. The van der Waals surface area contributed by atoms with Crippen LogP contribution in [0.5, 0.6) is 0 Å². The highest BCUT2D eigenvalue weighted by atomic mass is 32.3. The summed E-state index contributed by atoms with van der Waals surface area (Å²) in [7, 11) is -21.3. The third kappa shape index (κ3) is 5.58. The molecule has 0 N–H and O–H groups in total. The first-order valence-corrected chi connectivity index (χ1v) is 21.4. The van der Waals surface area contributed by atoms with Crippen molar-refractivity contribution >= 4 is 56.1 Å². The van der Waals surface area contributed by atoms with Crippen molar-refractivity contribution in [2.45, 2.75) is 36.9 Å². The van der Waals surface area contributed by atoms with Crippen molar-refractivity contribution in [2.24, 2.45) is 0 Å². The topological polar surface area (TPSA) is 74.8 Å². The SMILES string of the molecule is CCC(C)(N1[P+](c2ccccc2)(c2ccccc2)CC[P+]1(c1ccccc1)c1ccccc1)N(S(=O)(=O)C(F)(F)F)S(=O)(=O)C(F)(F)F. The molecule has 1 atom stereocenters. The van der Waals surface area contributed by atoms with Crippen LogP contribution in [0.25, 0.3) is 0 Å². The third-order valence-corrected chi connectivity index (χ3v) is 23.3. The first kappa shape index (κ1) is 36.4. The van der Waals surface area contributed by atoms with Gasteiger partial charge in [0.2, 0.25) is 0 Å². The molecule has 0 radical (unpaired) electrons. The minimum absolute atomic E-state index is 0.195. The van der Waals surface area contributed by atoms with Crippen molar-refractivity contribution in [1.82, 2.24) is 8.15 Å². The van der Waals surface area contributed by atoms with Gasteiger partial charge < -0.3 is 0 Å². The molecule has 6 nitrogen and oxygen atoms in total. The molecule has 1 aliphatic rings. The monoisotopic (exact) mass is 748 g/mol. The smallest absolute Gasteiger partial charge is 0.202 e. The molecule has 4 aromatic carbocycles. The minimum atomic E-state index is -7.20. The Morgan fingerprint density at radius 3 is 1.02 bits per heavy atom. The van der Waals surface area contributed by atoms with Gasteiger partial charge in [0.15, 0.2) is 20.5 Å². The van der Waals surface area contributed by atoms with Crippen molar-refractivity contribution in [3.63, 3.8) is 0 Å². The van der Waals surface area contributed by atoms with Crippen LogP contribution in [0.3, 0.4) is 0 Å². The van der Waals surface area contributed by atoms with Crippen LogP contribution in [0.15, 0.2) is 121 Å². The van der Waals surface area contributed by atoms with Crippen molar-refractivity contribution in [1.29, 1.82) is 0 Å². The molecule has 1 heterocycles. The van der Waals surface area contributed by atoms with E-state index in [0.717, 1.165) is 6.92 Å². The van der Waals surface area contributed by atoms with E-state index in [2.05, 4.69) is 0 Å². The maximum absolute atomic E-state index is 14.6. The van der Waals surface area contributed by atoms with Crippen molar-refractivity contribution in [2.75, 3.05) is 12.3 Å². The zero-order chi connectivity index (χ0) is 35.2. The summed E-state index contributed by atoms with van der Waals surface area (Å²) in [6.07, 6.45) is -0.374. The van der Waals surface area contributed by atoms with Gasteiger partial charge in [-0.3, -0.25) is 0 Å². The second-order valence-corrected chi connectivity index (χ2v) is 22.2. The largest absolute Gasteiger partial charge is 0.512 e. The molecule has 48 heavy (non-hydrogen) atoms. The molecule has 1 fully saturated rings. The molecule has 1 unspecified atom stereocenters. The van der Waals surface area contributed by atoms with Crippen LogP contribution in [-0.2, 0) is 20.0 Å². The van der Waals surface area contributed by atoms with E-state index in [1.807, 2.05) is 0 Å². The molecule has 0 saturated carbocycles. The van der Waals surface area contributed by atoms with Crippen molar-refractivity contribution in [3.8, 4) is 0 Å². The molecule has 1 aliphatic heterocycles. The second-order valence-electron chi connectivity index (χ2n) is 11.3. The van der Waals surface area contributed by atoms with Gasteiger partial charge in [0.1, 0.15) is 33.5 Å². The summed E-state index contributed by atoms with van der Waals surface area (Å²) < 4.78 is 142. The number of hydrogen-bond acceptors (Lipinski definition) is 5. The molecule has 0 spiro atoms. The zero-order valence-electron chi connectivity index (χ0n) is 25.7. The van der Waals surface area contributed by atoms with Crippen molar-refractivity contribution in [3.05, 3.63) is 121 Å². The summed E-state index contributed by atoms with van der Waals surface area (Å²) in [4.78, 5) is 0. The number of hydrogen-bond donors (Lipinski definition) is 0. The van der Waals surface area contributed by atoms with E-state index in [1.165, 1.54) is 11.4 Å². The van der Waals surface area contributed by atoms with E-state index in [9.17, 15) is 43.2 Å². The van der Waals surface area contributed by atoms with E-state index >= 15 is 0 Å². The van der Waals surface area contributed by atoms with Gasteiger partial charge in [-0.1, -0.05) is 83.4 Å². The van der Waals surface area contributed by atoms with E-state index in [1.54, 1.807) is 121 Å². The first-order valence-electron chi connectivity index (χ1n) is 14.7. The maximum Gasteiger partial charge on any atom is 0.512 e. The number of rotatable bonds is 9. The zero-order valence-corrected chi connectivity index (χ0v) is 29.1. The third-order valence-electron chi connectivity index (χ3n) is 8.64. The summed E-state index contributed by atoms with van der Waals surface area (Å²) in [6.45, 7) is 2.09. The fourth-order valence-electron chi connectivity index (χ4n) is 6.60. The predicted octanol–water partition coefficient (Wildman–Crippen LogP) is 6.60. The highest BCUT2D eigenvalue weighted by Gasteiger charge is 2.81. The van der Waals surface area contributed by atoms with E-state index < -0.39 is 61.7 Å². The highest BCUT2D eigenvalue weighted by molar-refractivity contribution is 8.06. The average Bonchev–Trinajstić information content (AvgIpc) is 3.44. The van der Waals surface area contributed by atoms with E-state index in [0.29, 0.717) is 21.2 Å². The lowest BCUT2D eigenvalue weighted by atomic mass is 10.2. The highest BCUT2D eigenvalue weighted by Crippen LogP contribution is 2.85. The summed E-state index contributed by atoms with van der Waals surface area (Å²) in [5, 5.41) is 2.16. The summed E-state index contributed by atoms with van der Waals surface area (Å²) in [5.41, 5.74) is -15.7. The molecule has 4 aromatic rings. The van der Waals surface area contributed by atoms with Gasteiger partial charge >= 0.3 is 31.1 Å². The van der Waals surface area contributed by atoms with Crippen LogP contribution >= 0.6 is 14.8 Å². The number of benzene rings is 4. The van der Waals surface area contributed by atoms with Gasteiger partial charge in [0.05, 0.1) is 0 Å². The Morgan fingerprint density at radius 2 is 0.812 bits per heavy atom. The summed E-state index contributed by atoms with van der Waals surface area (Å²) in [6, 6.07) is 33.9. The molecule has 1 saturated heterocycles. The van der Waals surface area contributed by atoms with Crippen LogP contribution in [-0.4, -0.2) is 54.0 Å². The lowest BCUT2D eigenvalue weighted by molar-refractivity contribution is -0.0588. The van der Waals surface area contributed by atoms with Crippen LogP contribution in [0.1, 0.15) is 20.3 Å². The molecule has 5 rings (SSSR count). The molecular formula is C32H32F6N2O4P2S2+2. The molecular weight excluding hydrogens is 716 g/mol. The van der Waals surface area contributed by atoms with Gasteiger partial charge in [-0.25, -0.2) is 16.8 Å². The summed E-state index contributed by atoms with van der Waals surface area (Å²) >= 11 is 0. The quantitative estimate of drug-likeness (QED) is 0.143. The Labute approximate surface area is 277 Å². The fourth-order valence-corrected chi connectivity index (χ4v) is 23.9. The molecule has 0 amide bonds. The number of alkyl halides is 6. The van der Waals surface area contributed by atoms with Gasteiger partial charge in [-0.05, 0) is 66.3 Å². The lowest BCUT2D eigenvalue weighted by Gasteiger charge is -2.48. The molecule has 0 aromatic heterocycles. The van der Waals surface area contributed by atoms with E-state index in [4.69, 9.17) is 0 Å². The normalized spacial score (nSPS) is 18.4. The van der Waals surface area contributed by atoms with Gasteiger partial charge in [0, 0.05) is 0 Å². The van der Waals surface area contributed by atoms with Crippen LogP contribution in [0.2, 0.25) is 0 Å². The Morgan fingerprint density at radius 1 is 0.562 bits per heavy atom. The molecule has 0 bridgehead atoms. The van der Waals surface area contributed by atoms with E-state index in [-0.39, 0.29) is 12.3 Å². The molecule has 16 heteroatoms. The second kappa shape index (κ2) is 12.8. The first-order chi connectivity index (χ1) is 22.4. The van der Waals surface area contributed by atoms with Crippen molar-refractivity contribution < 1.29 is 43.2 Å². The molecule has 256 valence electrons. The lowest BCUT2D eigenvalue weighted by Crippen LogP contribution is -2.66. The van der Waals surface area contributed by atoms with Gasteiger partial charge in [-0.15, -0.1) is 0 Å².